The maximum Gasteiger partial charge on any atom is 0.271 e. The summed E-state index contributed by atoms with van der Waals surface area (Å²) in [5.41, 5.74) is 5.80. The Labute approximate surface area is 293 Å². The Morgan fingerprint density at radius 1 is 0.843 bits per heavy atom. The molecule has 4 aromatic carbocycles. The predicted molar refractivity (Wildman–Crippen MR) is 187 cm³/mol. The van der Waals surface area contributed by atoms with Crippen molar-refractivity contribution in [1.29, 1.82) is 0 Å². The van der Waals surface area contributed by atoms with Gasteiger partial charge < -0.3 is 5.11 Å². The van der Waals surface area contributed by atoms with E-state index in [1.54, 1.807) is 31.2 Å². The molecule has 0 aromatic heterocycles. The van der Waals surface area contributed by atoms with E-state index in [1.807, 2.05) is 61.5 Å². The number of non-ortho nitro benzene ring substituents is 1. The van der Waals surface area contributed by atoms with E-state index < -0.39 is 63.6 Å². The third kappa shape index (κ3) is 4.71. The van der Waals surface area contributed by atoms with Crippen LogP contribution in [0.3, 0.4) is 0 Å². The van der Waals surface area contributed by atoms with Crippen LogP contribution in [-0.2, 0) is 24.6 Å². The zero-order valence-corrected chi connectivity index (χ0v) is 27.9. The summed E-state index contributed by atoms with van der Waals surface area (Å²) < 4.78 is 0. The second-order valence-corrected chi connectivity index (χ2v) is 13.9. The number of hydrazine groups is 1. The van der Waals surface area contributed by atoms with Gasteiger partial charge in [0.2, 0.25) is 11.8 Å². The summed E-state index contributed by atoms with van der Waals surface area (Å²) in [7, 11) is 0. The number of nitro benzene ring substituents is 1. The molecule has 0 spiro atoms. The zero-order valence-electron chi connectivity index (χ0n) is 27.9. The molecule has 256 valence electrons. The lowest BCUT2D eigenvalue weighted by atomic mass is 9.49. The summed E-state index contributed by atoms with van der Waals surface area (Å²) in [6.07, 6.45) is 2.28. The second-order valence-electron chi connectivity index (χ2n) is 13.9. The number of hydrogen-bond donors (Lipinski definition) is 2. The minimum absolute atomic E-state index is 0.0785. The number of hydrogen-bond acceptors (Lipinski definition) is 8. The molecule has 1 saturated carbocycles. The molecule has 2 heterocycles. The van der Waals surface area contributed by atoms with Crippen molar-refractivity contribution in [3.05, 3.63) is 141 Å². The molecular weight excluding hydrogens is 648 g/mol. The number of phenolic OH excluding ortho intramolecular Hbond substituents is 1. The maximum atomic E-state index is 15.2. The molecule has 4 aliphatic rings. The molecule has 3 fully saturated rings. The fourth-order valence-corrected chi connectivity index (χ4v) is 8.98. The van der Waals surface area contributed by atoms with Crippen LogP contribution in [0.15, 0.2) is 109 Å². The third-order valence-corrected chi connectivity index (χ3v) is 11.2. The molecule has 8 rings (SSSR count). The number of phenols is 1. The molecule has 2 aliphatic carbocycles. The second kappa shape index (κ2) is 11.8. The molecule has 51 heavy (non-hydrogen) atoms. The first-order valence-corrected chi connectivity index (χ1v) is 16.9. The van der Waals surface area contributed by atoms with Crippen molar-refractivity contribution >= 4 is 40.7 Å². The van der Waals surface area contributed by atoms with Crippen LogP contribution in [0.1, 0.15) is 41.0 Å². The highest BCUT2D eigenvalue weighted by molar-refractivity contribution is 6.22. The van der Waals surface area contributed by atoms with Gasteiger partial charge in [-0.2, -0.15) is 5.01 Å². The summed E-state index contributed by atoms with van der Waals surface area (Å²) in [4.78, 5) is 70.4. The number of nitrogens with one attached hydrogen (secondary N) is 1. The third-order valence-electron chi connectivity index (χ3n) is 11.2. The molecule has 2 aliphatic heterocycles. The molecule has 0 radical (unpaired) electrons. The van der Waals surface area contributed by atoms with Crippen LogP contribution >= 0.6 is 0 Å². The quantitative estimate of drug-likeness (QED) is 0.107. The van der Waals surface area contributed by atoms with Gasteiger partial charge in [0.15, 0.2) is 0 Å². The molecule has 2 saturated heterocycles. The van der Waals surface area contributed by atoms with Crippen molar-refractivity contribution < 1.29 is 29.2 Å². The van der Waals surface area contributed by atoms with Gasteiger partial charge in [0.05, 0.1) is 39.5 Å². The number of aryl methyl sites for hydroxylation is 2. The summed E-state index contributed by atoms with van der Waals surface area (Å²) in [6, 6.07) is 27.2. The van der Waals surface area contributed by atoms with Crippen LogP contribution in [-0.4, -0.2) is 38.7 Å². The zero-order chi connectivity index (χ0) is 35.8. The maximum absolute atomic E-state index is 15.2. The van der Waals surface area contributed by atoms with Gasteiger partial charge in [0.25, 0.3) is 17.5 Å². The van der Waals surface area contributed by atoms with Gasteiger partial charge in [0.1, 0.15) is 5.75 Å². The van der Waals surface area contributed by atoms with Crippen LogP contribution in [0.2, 0.25) is 0 Å². The highest BCUT2D eigenvalue weighted by Gasteiger charge is 2.70. The average molecular weight is 683 g/mol. The standard InChI is InChI=1S/C40H34N4O7/c1-22-11-14-26(15-12-22)41-43-37(47)32-21-31-29(16-17-30-34(31)38(48)42(36(30)46)27-9-6-10-28(20-27)44(50)51)35(24-13-18-33(45)23(2)19-24)40(32,39(43)49)25-7-4-3-5-8-25/h3-16,18-20,30-32,34-35,41,45H,17,21H2,1-2H3/t30-,31+,32-,34-,35-,40+/m0/s1. The predicted octanol–water partition coefficient (Wildman–Crippen LogP) is 6.11. The topological polar surface area (TPSA) is 150 Å². The Kier molecular flexibility index (Phi) is 7.41. The number of nitrogens with zero attached hydrogens (tertiary/aromatic N) is 3. The molecule has 6 atom stereocenters. The summed E-state index contributed by atoms with van der Waals surface area (Å²) >= 11 is 0. The highest BCUT2D eigenvalue weighted by atomic mass is 16.6. The lowest BCUT2D eigenvalue weighted by molar-refractivity contribution is -0.384. The van der Waals surface area contributed by atoms with Gasteiger partial charge >= 0.3 is 0 Å². The number of carbonyl (C=O) groups is 4. The van der Waals surface area contributed by atoms with Crippen molar-refractivity contribution in [3.63, 3.8) is 0 Å². The number of allylic oxidation sites excluding steroid dienone is 2. The Bertz CT molecular complexity index is 2180. The molecule has 0 unspecified atom stereocenters. The van der Waals surface area contributed by atoms with Crippen LogP contribution in [0, 0.1) is 47.6 Å². The molecule has 11 heteroatoms. The van der Waals surface area contributed by atoms with E-state index in [-0.39, 0.29) is 30.0 Å². The first kappa shape index (κ1) is 32.1. The number of imide groups is 2. The van der Waals surface area contributed by atoms with Gasteiger partial charge in [0, 0.05) is 18.1 Å². The first-order valence-electron chi connectivity index (χ1n) is 16.9. The number of carbonyl (C=O) groups excluding carboxylic acids is 4. The largest absolute Gasteiger partial charge is 0.508 e. The monoisotopic (exact) mass is 682 g/mol. The molecule has 4 aromatic rings. The lowest BCUT2D eigenvalue weighted by Crippen LogP contribution is -2.53. The van der Waals surface area contributed by atoms with E-state index in [9.17, 15) is 29.6 Å². The minimum Gasteiger partial charge on any atom is -0.508 e. The summed E-state index contributed by atoms with van der Waals surface area (Å²) in [5, 5.41) is 23.2. The molecule has 0 bridgehead atoms. The first-order chi connectivity index (χ1) is 24.5. The van der Waals surface area contributed by atoms with Crippen molar-refractivity contribution in [1.82, 2.24) is 5.01 Å². The number of aromatic hydroxyl groups is 1. The van der Waals surface area contributed by atoms with Crippen molar-refractivity contribution in [2.24, 2.45) is 23.7 Å². The van der Waals surface area contributed by atoms with E-state index >= 15 is 4.79 Å². The average Bonchev–Trinajstić information content (AvgIpc) is 3.51. The number of fused-ring (bicyclic) bond motifs is 4. The Morgan fingerprint density at radius 3 is 2.29 bits per heavy atom. The van der Waals surface area contributed by atoms with Crippen molar-refractivity contribution in [3.8, 4) is 5.75 Å². The number of amides is 4. The Balaban J connectivity index is 1.31. The molecular formula is C40H34N4O7. The van der Waals surface area contributed by atoms with Crippen LogP contribution in [0.25, 0.3) is 0 Å². The van der Waals surface area contributed by atoms with Crippen molar-refractivity contribution in [2.45, 2.75) is 38.0 Å². The summed E-state index contributed by atoms with van der Waals surface area (Å²) in [5.74, 6) is -5.60. The van der Waals surface area contributed by atoms with E-state index in [2.05, 4.69) is 5.43 Å². The minimum atomic E-state index is -1.43. The number of rotatable bonds is 6. The van der Waals surface area contributed by atoms with Crippen LogP contribution in [0.5, 0.6) is 5.75 Å². The van der Waals surface area contributed by atoms with Gasteiger partial charge in [-0.1, -0.05) is 77.9 Å². The van der Waals surface area contributed by atoms with Crippen LogP contribution in [0.4, 0.5) is 17.1 Å². The SMILES string of the molecule is Cc1ccc(NN2C(=O)[C@@H]3C[C@@H]4C(=CC[C@@H]5C(=O)N(c6cccc([N+](=O)[O-])c6)C(=O)[C@@H]54)[C@H](c4ccc(O)c(C)c4)[C@]3(c3ccccc3)C2=O)cc1. The van der Waals surface area contributed by atoms with E-state index in [0.717, 1.165) is 21.0 Å². The summed E-state index contributed by atoms with van der Waals surface area (Å²) in [6.45, 7) is 3.71. The van der Waals surface area contributed by atoms with Crippen LogP contribution < -0.4 is 10.3 Å². The molecule has 4 amide bonds. The Morgan fingerprint density at radius 2 is 1.59 bits per heavy atom. The Hall–Kier alpha value is -6.10. The fraction of sp³-hybridized carbons (Fsp3) is 0.250. The fourth-order valence-electron chi connectivity index (χ4n) is 8.98. The number of benzene rings is 4. The smallest absolute Gasteiger partial charge is 0.271 e. The normalized spacial score (nSPS) is 26.8. The van der Waals surface area contributed by atoms with Gasteiger partial charge in [-0.05, 0) is 73.6 Å². The molecule has 11 nitrogen and oxygen atoms in total. The van der Waals surface area contributed by atoms with E-state index in [4.69, 9.17) is 0 Å². The van der Waals surface area contributed by atoms with Gasteiger partial charge in [-0.3, -0.25) is 34.7 Å². The number of anilines is 2. The van der Waals surface area contributed by atoms with E-state index in [1.165, 1.54) is 24.3 Å². The lowest BCUT2D eigenvalue weighted by Gasteiger charge is -2.50. The van der Waals surface area contributed by atoms with Crippen molar-refractivity contribution in [2.75, 3.05) is 10.3 Å². The molecule has 2 N–H and O–H groups in total. The van der Waals surface area contributed by atoms with Gasteiger partial charge in [-0.15, -0.1) is 0 Å². The number of nitro groups is 1. The highest BCUT2D eigenvalue weighted by Crippen LogP contribution is 2.64. The van der Waals surface area contributed by atoms with E-state index in [0.29, 0.717) is 22.4 Å². The van der Waals surface area contributed by atoms with Gasteiger partial charge in [-0.25, -0.2) is 4.90 Å².